The zero-order valence-electron chi connectivity index (χ0n) is 20.1. The minimum atomic E-state index is -0.850. The maximum absolute atomic E-state index is 15.5. The van der Waals surface area contributed by atoms with Crippen molar-refractivity contribution in [2.24, 2.45) is 11.8 Å². The van der Waals surface area contributed by atoms with Gasteiger partial charge in [0.15, 0.2) is 17.5 Å². The van der Waals surface area contributed by atoms with Crippen molar-refractivity contribution < 1.29 is 18.6 Å². The molecule has 3 aliphatic carbocycles. The van der Waals surface area contributed by atoms with Crippen LogP contribution in [0.2, 0.25) is 0 Å². The fraction of sp³-hybridized carbons (Fsp3) is 0.481. The van der Waals surface area contributed by atoms with Crippen molar-refractivity contribution in [3.8, 4) is 34.1 Å². The van der Waals surface area contributed by atoms with Crippen molar-refractivity contribution in [1.82, 2.24) is 20.2 Å². The molecule has 36 heavy (non-hydrogen) atoms. The second-order valence-corrected chi connectivity index (χ2v) is 10.3. The summed E-state index contributed by atoms with van der Waals surface area (Å²) in [7, 11) is 1.35. The molecule has 2 bridgehead atoms. The minimum Gasteiger partial charge on any atom is -0.507 e. The number of ether oxygens (including phenoxy) is 1. The molecule has 0 unspecified atom stereocenters. The van der Waals surface area contributed by atoms with E-state index in [1.54, 1.807) is 18.3 Å². The third kappa shape index (κ3) is 4.24. The van der Waals surface area contributed by atoms with E-state index in [2.05, 4.69) is 25.1 Å². The number of pyridine rings is 1. The molecule has 9 heteroatoms. The van der Waals surface area contributed by atoms with Crippen LogP contribution < -0.4 is 9.64 Å². The Labute approximate surface area is 208 Å². The largest absolute Gasteiger partial charge is 0.507 e. The molecule has 3 saturated carbocycles. The molecule has 2 heterocycles. The van der Waals surface area contributed by atoms with Crippen LogP contribution in [0.1, 0.15) is 44.9 Å². The Morgan fingerprint density at radius 3 is 2.56 bits per heavy atom. The highest BCUT2D eigenvalue weighted by Crippen LogP contribution is 2.46. The number of hydrogen-bond acceptors (Lipinski definition) is 7. The summed E-state index contributed by atoms with van der Waals surface area (Å²) in [6.07, 6.45) is 9.51. The standard InChI is InChI=1S/C27H29F2N5O2/c1-36-27-21(28)11-18(13-31-27)16-5-8-20(23(35)12-16)26-30-14-24(32-33-26)34(19-6-7-19)22-10-15-3-2-4-17(9-15)25(22)29/h5,8,11-15,17,19,22,25,35H,2-4,6-7,9-10H2,1H3/t15-,17+,22+,25-/m0/s1. The fourth-order valence-corrected chi connectivity index (χ4v) is 6.01. The summed E-state index contributed by atoms with van der Waals surface area (Å²) >= 11 is 0. The number of halogens is 2. The SMILES string of the molecule is COc1ncc(-c2ccc(-c3ncc(N(C4CC4)[C@@H]4C[C@H]5CCC[C@H](C5)[C@@H]4F)nn3)c(O)c2)cc1F. The maximum Gasteiger partial charge on any atom is 0.250 e. The first-order valence-electron chi connectivity index (χ1n) is 12.7. The molecule has 0 amide bonds. The van der Waals surface area contributed by atoms with Crippen molar-refractivity contribution in [3.63, 3.8) is 0 Å². The third-order valence-electron chi connectivity index (χ3n) is 7.90. The van der Waals surface area contributed by atoms with Crippen LogP contribution in [0.3, 0.4) is 0 Å². The Hall–Kier alpha value is -3.36. The first-order valence-corrected chi connectivity index (χ1v) is 12.7. The molecule has 7 nitrogen and oxygen atoms in total. The average molecular weight is 494 g/mol. The lowest BCUT2D eigenvalue weighted by Gasteiger charge is -2.46. The number of fused-ring (bicyclic) bond motifs is 2. The summed E-state index contributed by atoms with van der Waals surface area (Å²) in [4.78, 5) is 10.6. The Bertz CT molecular complexity index is 1250. The molecule has 0 radical (unpaired) electrons. The summed E-state index contributed by atoms with van der Waals surface area (Å²) in [5.74, 6) is 0.885. The van der Waals surface area contributed by atoms with Gasteiger partial charge >= 0.3 is 0 Å². The van der Waals surface area contributed by atoms with E-state index in [0.29, 0.717) is 34.5 Å². The number of alkyl halides is 1. The van der Waals surface area contributed by atoms with Crippen molar-refractivity contribution in [2.45, 2.75) is 63.2 Å². The van der Waals surface area contributed by atoms with Gasteiger partial charge in [0.1, 0.15) is 11.9 Å². The van der Waals surface area contributed by atoms with Crippen LogP contribution in [-0.4, -0.2) is 50.6 Å². The number of hydrogen-bond donors (Lipinski definition) is 1. The van der Waals surface area contributed by atoms with Crippen LogP contribution in [0, 0.1) is 17.7 Å². The van der Waals surface area contributed by atoms with Crippen LogP contribution in [0.4, 0.5) is 14.6 Å². The molecule has 3 fully saturated rings. The van der Waals surface area contributed by atoms with Gasteiger partial charge in [-0.3, -0.25) is 0 Å². The van der Waals surface area contributed by atoms with Gasteiger partial charge in [0.25, 0.3) is 0 Å². The van der Waals surface area contributed by atoms with Gasteiger partial charge in [0.05, 0.1) is 24.9 Å². The van der Waals surface area contributed by atoms with Crippen molar-refractivity contribution in [3.05, 3.63) is 42.5 Å². The summed E-state index contributed by atoms with van der Waals surface area (Å²) < 4.78 is 34.4. The molecule has 3 aliphatic rings. The van der Waals surface area contributed by atoms with Gasteiger partial charge in [-0.25, -0.2) is 18.7 Å². The van der Waals surface area contributed by atoms with Crippen molar-refractivity contribution in [1.29, 1.82) is 0 Å². The van der Waals surface area contributed by atoms with E-state index in [4.69, 9.17) is 4.74 Å². The van der Waals surface area contributed by atoms with E-state index in [0.717, 1.165) is 38.5 Å². The van der Waals surface area contributed by atoms with Gasteiger partial charge in [-0.1, -0.05) is 18.9 Å². The van der Waals surface area contributed by atoms with Crippen LogP contribution in [-0.2, 0) is 0 Å². The lowest BCUT2D eigenvalue weighted by molar-refractivity contribution is 0.0631. The molecule has 0 saturated heterocycles. The van der Waals surface area contributed by atoms with Crippen LogP contribution in [0.25, 0.3) is 22.5 Å². The molecule has 188 valence electrons. The Morgan fingerprint density at radius 2 is 1.86 bits per heavy atom. The summed E-state index contributed by atoms with van der Waals surface area (Å²) in [6.45, 7) is 0. The second kappa shape index (κ2) is 9.26. The van der Waals surface area contributed by atoms with E-state index in [1.807, 2.05) is 0 Å². The minimum absolute atomic E-state index is 0.0544. The van der Waals surface area contributed by atoms with Crippen LogP contribution in [0.5, 0.6) is 11.6 Å². The molecule has 1 aromatic carbocycles. The fourth-order valence-electron chi connectivity index (χ4n) is 6.01. The highest BCUT2D eigenvalue weighted by molar-refractivity contribution is 5.72. The molecule has 0 aliphatic heterocycles. The summed E-state index contributed by atoms with van der Waals surface area (Å²) in [5, 5.41) is 19.4. The summed E-state index contributed by atoms with van der Waals surface area (Å²) in [6, 6.07) is 6.34. The quantitative estimate of drug-likeness (QED) is 0.496. The number of nitrogens with zero attached hydrogens (tertiary/aromatic N) is 5. The van der Waals surface area contributed by atoms with Gasteiger partial charge < -0.3 is 14.7 Å². The number of phenols is 1. The van der Waals surface area contributed by atoms with E-state index < -0.39 is 12.0 Å². The highest BCUT2D eigenvalue weighted by atomic mass is 19.1. The molecule has 4 atom stereocenters. The number of benzene rings is 1. The highest BCUT2D eigenvalue weighted by Gasteiger charge is 2.46. The topological polar surface area (TPSA) is 84.3 Å². The zero-order chi connectivity index (χ0) is 24.8. The zero-order valence-corrected chi connectivity index (χ0v) is 20.1. The van der Waals surface area contributed by atoms with E-state index in [9.17, 15) is 9.50 Å². The van der Waals surface area contributed by atoms with E-state index in [1.165, 1.54) is 31.9 Å². The molecule has 2 aromatic heterocycles. The Morgan fingerprint density at radius 1 is 1.00 bits per heavy atom. The molecular formula is C27H29F2N5O2. The van der Waals surface area contributed by atoms with Gasteiger partial charge in [0, 0.05) is 17.8 Å². The molecule has 0 spiro atoms. The smallest absolute Gasteiger partial charge is 0.250 e. The van der Waals surface area contributed by atoms with Crippen molar-refractivity contribution >= 4 is 5.82 Å². The number of anilines is 1. The predicted molar refractivity (Wildman–Crippen MR) is 131 cm³/mol. The third-order valence-corrected chi connectivity index (χ3v) is 7.90. The van der Waals surface area contributed by atoms with E-state index >= 15 is 4.39 Å². The van der Waals surface area contributed by atoms with Gasteiger partial charge in [0.2, 0.25) is 5.88 Å². The Kier molecular flexibility index (Phi) is 5.93. The van der Waals surface area contributed by atoms with Crippen molar-refractivity contribution in [2.75, 3.05) is 12.0 Å². The first-order chi connectivity index (χ1) is 17.5. The van der Waals surface area contributed by atoms with E-state index in [-0.39, 0.29) is 29.4 Å². The molecular weight excluding hydrogens is 464 g/mol. The molecule has 1 N–H and O–H groups in total. The number of methoxy groups -OCH3 is 1. The first kappa shape index (κ1) is 23.1. The molecule has 6 rings (SSSR count). The molecule has 3 aromatic rings. The van der Waals surface area contributed by atoms with Crippen LogP contribution in [0.15, 0.2) is 36.7 Å². The number of rotatable bonds is 6. The van der Waals surface area contributed by atoms with Gasteiger partial charge in [-0.15, -0.1) is 10.2 Å². The lowest BCUT2D eigenvalue weighted by atomic mass is 9.69. The number of aromatic hydroxyl groups is 1. The predicted octanol–water partition coefficient (Wildman–Crippen LogP) is 5.34. The average Bonchev–Trinajstić information content (AvgIpc) is 3.73. The Balaban J connectivity index is 1.25. The lowest BCUT2D eigenvalue weighted by Crippen LogP contribution is -2.52. The maximum atomic E-state index is 15.5. The normalized spacial score (nSPS) is 25.4. The van der Waals surface area contributed by atoms with Gasteiger partial charge in [-0.2, -0.15) is 0 Å². The van der Waals surface area contributed by atoms with Gasteiger partial charge in [-0.05, 0) is 67.7 Å². The second-order valence-electron chi connectivity index (χ2n) is 10.3. The number of phenolic OH excluding ortho intramolecular Hbond substituents is 1. The monoisotopic (exact) mass is 493 g/mol. The number of aromatic nitrogens is 4. The van der Waals surface area contributed by atoms with Crippen LogP contribution >= 0.6 is 0 Å². The summed E-state index contributed by atoms with van der Waals surface area (Å²) in [5.41, 5.74) is 1.50.